The highest BCUT2D eigenvalue weighted by atomic mass is 16.6. The number of likely N-dealkylation sites (tertiary alicyclic amines) is 1. The fourth-order valence-electron chi connectivity index (χ4n) is 6.58. The van der Waals surface area contributed by atoms with Gasteiger partial charge in [0.15, 0.2) is 0 Å². The third-order valence-electron chi connectivity index (χ3n) is 8.96. The smallest absolute Gasteiger partial charge is 0.410 e. The predicted molar refractivity (Wildman–Crippen MR) is 163 cm³/mol. The minimum Gasteiger partial charge on any atom is -0.478 e. The first-order valence-corrected chi connectivity index (χ1v) is 14.8. The molecule has 0 saturated carbocycles. The average Bonchev–Trinajstić information content (AvgIpc) is 3.55. The van der Waals surface area contributed by atoms with Crippen molar-refractivity contribution < 1.29 is 29.0 Å². The van der Waals surface area contributed by atoms with E-state index in [1.807, 2.05) is 70.5 Å². The van der Waals surface area contributed by atoms with Crippen LogP contribution in [0.1, 0.15) is 78.5 Å². The number of fused-ring (bicyclic) bond motifs is 3. The van der Waals surface area contributed by atoms with E-state index in [1.165, 1.54) is 0 Å². The first kappa shape index (κ1) is 30.2. The second-order valence-electron chi connectivity index (χ2n) is 12.6. The number of carbonyl (C=O) groups excluding carboxylic acids is 2. The lowest BCUT2D eigenvalue weighted by Gasteiger charge is -2.34. The highest BCUT2D eigenvalue weighted by Crippen LogP contribution is 2.44. The summed E-state index contributed by atoms with van der Waals surface area (Å²) in [7, 11) is 1.82. The number of benzene rings is 2. The molecule has 0 radical (unpaired) electrons. The summed E-state index contributed by atoms with van der Waals surface area (Å²) in [4.78, 5) is 42.7. The maximum atomic E-state index is 14.1. The van der Waals surface area contributed by atoms with Crippen LogP contribution >= 0.6 is 0 Å². The van der Waals surface area contributed by atoms with Crippen molar-refractivity contribution in [1.29, 1.82) is 0 Å². The maximum absolute atomic E-state index is 14.1. The molecule has 3 aromatic rings. The quantitative estimate of drug-likeness (QED) is 0.354. The van der Waals surface area contributed by atoms with Crippen molar-refractivity contribution in [2.45, 2.75) is 78.1 Å². The van der Waals surface area contributed by atoms with E-state index in [-0.39, 0.29) is 30.7 Å². The number of aromatic carboxylic acids is 1. The zero-order valence-electron chi connectivity index (χ0n) is 26.0. The average molecular weight is 588 g/mol. The Balaban J connectivity index is 1.45. The molecule has 2 amide bonds. The van der Waals surface area contributed by atoms with Crippen LogP contribution in [0.15, 0.2) is 48.5 Å². The molecule has 5 rings (SSSR count). The molecular formula is C34H41N3O6. The summed E-state index contributed by atoms with van der Waals surface area (Å²) >= 11 is 0. The van der Waals surface area contributed by atoms with E-state index >= 15 is 0 Å². The lowest BCUT2D eigenvalue weighted by molar-refractivity contribution is 0.0188. The first-order valence-electron chi connectivity index (χ1n) is 14.8. The molecule has 9 heteroatoms. The first-order chi connectivity index (χ1) is 20.3. The summed E-state index contributed by atoms with van der Waals surface area (Å²) in [6.07, 6.45) is -0.465. The number of carboxylic acid groups (broad SMARTS) is 1. The molecule has 2 heterocycles. The van der Waals surface area contributed by atoms with Gasteiger partial charge in [0.05, 0.1) is 24.2 Å². The molecule has 2 aliphatic rings. The molecule has 43 heavy (non-hydrogen) atoms. The Morgan fingerprint density at radius 3 is 2.12 bits per heavy atom. The molecule has 0 unspecified atom stereocenters. The third-order valence-corrected chi connectivity index (χ3v) is 8.96. The van der Waals surface area contributed by atoms with E-state index < -0.39 is 29.8 Å². The number of amides is 2. The van der Waals surface area contributed by atoms with Crippen molar-refractivity contribution >= 4 is 18.2 Å². The number of carbonyl (C=O) groups is 3. The number of hydrogen-bond donors (Lipinski definition) is 1. The van der Waals surface area contributed by atoms with Crippen LogP contribution in [0.4, 0.5) is 9.59 Å². The zero-order chi connectivity index (χ0) is 31.2. The number of rotatable bonds is 6. The molecular weight excluding hydrogens is 546 g/mol. The third kappa shape index (κ3) is 5.60. The number of ether oxygens (including phenoxy) is 2. The van der Waals surface area contributed by atoms with Crippen molar-refractivity contribution in [2.24, 2.45) is 7.05 Å². The molecule has 1 saturated heterocycles. The highest BCUT2D eigenvalue weighted by molar-refractivity contribution is 5.91. The van der Waals surface area contributed by atoms with Gasteiger partial charge in [0.2, 0.25) is 0 Å². The minimum absolute atomic E-state index is 0.0446. The van der Waals surface area contributed by atoms with Crippen molar-refractivity contribution in [3.8, 4) is 11.1 Å². The van der Waals surface area contributed by atoms with E-state index in [9.17, 15) is 19.5 Å². The van der Waals surface area contributed by atoms with Crippen LogP contribution in [0.5, 0.6) is 0 Å². The van der Waals surface area contributed by atoms with Crippen LogP contribution in [0.25, 0.3) is 11.1 Å². The lowest BCUT2D eigenvalue weighted by Crippen LogP contribution is -2.48. The fraction of sp³-hybridized carbons (Fsp3) is 0.441. The highest BCUT2D eigenvalue weighted by Gasteiger charge is 2.42. The minimum atomic E-state index is -1.04. The lowest BCUT2D eigenvalue weighted by atomic mass is 9.98. The summed E-state index contributed by atoms with van der Waals surface area (Å²) < 4.78 is 13.6. The molecule has 1 aromatic heterocycles. The van der Waals surface area contributed by atoms with Crippen LogP contribution in [-0.4, -0.2) is 68.5 Å². The Kier molecular flexibility index (Phi) is 8.03. The Labute approximate surface area is 253 Å². The van der Waals surface area contributed by atoms with Gasteiger partial charge in [0, 0.05) is 36.5 Å². The molecule has 9 nitrogen and oxygen atoms in total. The van der Waals surface area contributed by atoms with Crippen LogP contribution in [0, 0.1) is 13.8 Å². The summed E-state index contributed by atoms with van der Waals surface area (Å²) in [6.45, 7) is 11.6. The van der Waals surface area contributed by atoms with Gasteiger partial charge in [-0.2, -0.15) is 0 Å². The van der Waals surface area contributed by atoms with E-state index in [2.05, 4.69) is 24.3 Å². The normalized spacial score (nSPS) is 17.9. The largest absolute Gasteiger partial charge is 0.478 e. The molecule has 228 valence electrons. The second kappa shape index (κ2) is 11.4. The predicted octanol–water partition coefficient (Wildman–Crippen LogP) is 6.49. The van der Waals surface area contributed by atoms with Gasteiger partial charge in [-0.3, -0.25) is 4.90 Å². The Hall–Kier alpha value is -4.27. The topological polar surface area (TPSA) is 101 Å². The van der Waals surface area contributed by atoms with Crippen molar-refractivity contribution in [1.82, 2.24) is 14.4 Å². The van der Waals surface area contributed by atoms with Gasteiger partial charge in [-0.25, -0.2) is 14.4 Å². The number of aromatic nitrogens is 1. The van der Waals surface area contributed by atoms with E-state index in [0.717, 1.165) is 27.9 Å². The Morgan fingerprint density at radius 1 is 0.977 bits per heavy atom. The molecule has 2 aromatic carbocycles. The Bertz CT molecular complexity index is 1520. The van der Waals surface area contributed by atoms with E-state index in [1.54, 1.807) is 16.7 Å². The van der Waals surface area contributed by atoms with Gasteiger partial charge in [0.25, 0.3) is 0 Å². The molecule has 1 aliphatic heterocycles. The van der Waals surface area contributed by atoms with Crippen molar-refractivity contribution in [3.63, 3.8) is 0 Å². The van der Waals surface area contributed by atoms with Crippen molar-refractivity contribution in [3.05, 3.63) is 82.2 Å². The summed E-state index contributed by atoms with van der Waals surface area (Å²) in [5, 5.41) is 10.1. The van der Waals surface area contributed by atoms with Gasteiger partial charge in [-0.05, 0) is 70.2 Å². The molecule has 2 atom stereocenters. The molecule has 1 fully saturated rings. The second-order valence-corrected chi connectivity index (χ2v) is 12.6. The maximum Gasteiger partial charge on any atom is 0.410 e. The standard InChI is InChI=1S/C34H41N3O6/c1-20-27(30(31(38)39)22(3)35(20)7)18-37(29-16-17-36(21(29)2)33(41)43-34(4,5)6)32(40)42-19-28-25-14-10-8-12-23(25)24-13-9-11-15-26(24)28/h8-15,21,28-29H,16-19H2,1-7H3,(H,38,39)/t21-,29+/m1/s1. The molecule has 0 bridgehead atoms. The molecule has 0 spiro atoms. The monoisotopic (exact) mass is 587 g/mol. The van der Waals surface area contributed by atoms with Crippen LogP contribution in [0.2, 0.25) is 0 Å². The summed E-state index contributed by atoms with van der Waals surface area (Å²) in [6, 6.07) is 15.5. The fourth-order valence-corrected chi connectivity index (χ4v) is 6.58. The van der Waals surface area contributed by atoms with Crippen LogP contribution < -0.4 is 0 Å². The van der Waals surface area contributed by atoms with Crippen LogP contribution in [-0.2, 0) is 23.1 Å². The molecule has 1 N–H and O–H groups in total. The number of nitrogens with zero attached hydrogens (tertiary/aromatic N) is 3. The summed E-state index contributed by atoms with van der Waals surface area (Å²) in [5.41, 5.74) is 5.95. The number of carboxylic acids is 1. The van der Waals surface area contributed by atoms with Gasteiger partial charge in [0.1, 0.15) is 12.2 Å². The van der Waals surface area contributed by atoms with E-state index in [4.69, 9.17) is 9.47 Å². The van der Waals surface area contributed by atoms with Gasteiger partial charge >= 0.3 is 18.2 Å². The Morgan fingerprint density at radius 2 is 1.56 bits per heavy atom. The van der Waals surface area contributed by atoms with E-state index in [0.29, 0.717) is 24.2 Å². The summed E-state index contributed by atoms with van der Waals surface area (Å²) in [5.74, 6) is -1.16. The number of hydrogen-bond acceptors (Lipinski definition) is 5. The van der Waals surface area contributed by atoms with Crippen LogP contribution in [0.3, 0.4) is 0 Å². The van der Waals surface area contributed by atoms with Gasteiger partial charge in [-0.1, -0.05) is 48.5 Å². The van der Waals surface area contributed by atoms with Gasteiger partial charge < -0.3 is 24.0 Å². The SMILES string of the molecule is Cc1c(CN(C(=O)OCC2c3ccccc3-c3ccccc32)[C@H]2CCN(C(=O)OC(C)(C)C)[C@@H]2C)c(C(=O)O)c(C)n1C. The van der Waals surface area contributed by atoms with Crippen molar-refractivity contribution in [2.75, 3.05) is 13.2 Å². The molecule has 1 aliphatic carbocycles. The zero-order valence-corrected chi connectivity index (χ0v) is 26.0. The van der Waals surface area contributed by atoms with Gasteiger partial charge in [-0.15, -0.1) is 0 Å².